The zero-order valence-corrected chi connectivity index (χ0v) is 24.8. The monoisotopic (exact) mass is 588 g/mol. The van der Waals surface area contributed by atoms with Crippen LogP contribution in [0.4, 0.5) is 26.3 Å². The predicted octanol–water partition coefficient (Wildman–Crippen LogP) is 10.8. The van der Waals surface area contributed by atoms with Crippen LogP contribution in [0.2, 0.25) is 5.02 Å². The van der Waals surface area contributed by atoms with Crippen molar-refractivity contribution in [1.29, 1.82) is 0 Å². The van der Waals surface area contributed by atoms with Gasteiger partial charge in [0.15, 0.2) is 0 Å². The third-order valence-corrected chi connectivity index (χ3v) is 5.77. The SMILES string of the molecule is C=C(C1=NCCC=C1)c1ccc(/C(F)=C/C(c2ccc(C)c(Cl)c2)C(F)(F)F)cc1C(N)(F)F.CC.CC.CC. The van der Waals surface area contributed by atoms with E-state index in [1.54, 1.807) is 19.1 Å². The second-order valence-electron chi connectivity index (χ2n) is 7.86. The number of rotatable bonds is 6. The van der Waals surface area contributed by atoms with E-state index in [9.17, 15) is 22.0 Å². The molecule has 2 aromatic carbocycles. The summed E-state index contributed by atoms with van der Waals surface area (Å²) in [7, 11) is 0. The van der Waals surface area contributed by atoms with Crippen LogP contribution >= 0.6 is 11.6 Å². The van der Waals surface area contributed by atoms with Crippen LogP contribution in [0.15, 0.2) is 66.2 Å². The highest BCUT2D eigenvalue weighted by Crippen LogP contribution is 2.40. The molecule has 0 saturated heterocycles. The average molecular weight is 589 g/mol. The lowest BCUT2D eigenvalue weighted by Gasteiger charge is -2.20. The number of dihydropyridines is 1. The summed E-state index contributed by atoms with van der Waals surface area (Å²) in [6, 6.07) is 2.76. The van der Waals surface area contributed by atoms with E-state index in [1.807, 2.05) is 41.5 Å². The van der Waals surface area contributed by atoms with E-state index in [1.165, 1.54) is 12.1 Å². The van der Waals surface area contributed by atoms with Crippen molar-refractivity contribution < 1.29 is 26.3 Å². The topological polar surface area (TPSA) is 38.4 Å². The molecule has 2 N–H and O–H groups in total. The number of aliphatic imine (C=N–C) groups is 1. The predicted molar refractivity (Wildman–Crippen MR) is 158 cm³/mol. The average Bonchev–Trinajstić information content (AvgIpc) is 2.95. The van der Waals surface area contributed by atoms with Gasteiger partial charge in [0.25, 0.3) is 0 Å². The first-order chi connectivity index (χ1) is 18.8. The summed E-state index contributed by atoms with van der Waals surface area (Å²) < 4.78 is 84.7. The van der Waals surface area contributed by atoms with Crippen LogP contribution in [0, 0.1) is 6.92 Å². The summed E-state index contributed by atoms with van der Waals surface area (Å²) in [5, 5.41) is 0.0909. The number of benzene rings is 2. The smallest absolute Gasteiger partial charge is 0.284 e. The van der Waals surface area contributed by atoms with Gasteiger partial charge in [-0.15, -0.1) is 0 Å². The molecule has 0 spiro atoms. The van der Waals surface area contributed by atoms with Gasteiger partial charge >= 0.3 is 12.2 Å². The Labute approximate surface area is 239 Å². The third kappa shape index (κ3) is 10.3. The molecular weight excluding hydrogens is 550 g/mol. The summed E-state index contributed by atoms with van der Waals surface area (Å²) >= 11 is 5.94. The summed E-state index contributed by atoms with van der Waals surface area (Å²) in [6.45, 7) is 17.9. The molecule has 1 atom stereocenters. The lowest BCUT2D eigenvalue weighted by atomic mass is 9.92. The fraction of sp³-hybridized carbons (Fsp3) is 0.387. The fourth-order valence-electron chi connectivity index (χ4n) is 3.50. The molecule has 9 heteroatoms. The third-order valence-electron chi connectivity index (χ3n) is 5.36. The molecule has 1 heterocycles. The van der Waals surface area contributed by atoms with E-state index in [2.05, 4.69) is 11.6 Å². The molecule has 0 radical (unpaired) electrons. The Kier molecular flexibility index (Phi) is 15.9. The van der Waals surface area contributed by atoms with Crippen LogP contribution in [-0.2, 0) is 6.05 Å². The van der Waals surface area contributed by atoms with Gasteiger partial charge < -0.3 is 0 Å². The minimum absolute atomic E-state index is 0.0768. The first kappa shape index (κ1) is 37.2. The van der Waals surface area contributed by atoms with Crippen LogP contribution in [0.5, 0.6) is 0 Å². The first-order valence-electron chi connectivity index (χ1n) is 13.2. The second kappa shape index (κ2) is 17.1. The van der Waals surface area contributed by atoms with E-state index < -0.39 is 35.1 Å². The molecule has 0 aliphatic carbocycles. The van der Waals surface area contributed by atoms with E-state index in [4.69, 9.17) is 17.3 Å². The zero-order valence-electron chi connectivity index (χ0n) is 24.1. The second-order valence-corrected chi connectivity index (χ2v) is 8.27. The van der Waals surface area contributed by atoms with E-state index >= 15 is 4.39 Å². The molecule has 2 nitrogen and oxygen atoms in total. The number of nitrogens with two attached hydrogens (primary N) is 1. The van der Waals surface area contributed by atoms with Crippen molar-refractivity contribution in [2.45, 2.75) is 73.0 Å². The quantitative estimate of drug-likeness (QED) is 0.264. The summed E-state index contributed by atoms with van der Waals surface area (Å²) in [6.07, 6.45) is -0.399. The normalized spacial score (nSPS) is 13.9. The number of alkyl halides is 5. The van der Waals surface area contributed by atoms with Gasteiger partial charge in [0.05, 0.1) is 5.71 Å². The number of hydrogen-bond donors (Lipinski definition) is 1. The Balaban J connectivity index is 0.00000237. The van der Waals surface area contributed by atoms with Gasteiger partial charge in [0.2, 0.25) is 0 Å². The van der Waals surface area contributed by atoms with Gasteiger partial charge in [-0.3, -0.25) is 10.7 Å². The van der Waals surface area contributed by atoms with Crippen molar-refractivity contribution in [3.63, 3.8) is 0 Å². The highest BCUT2D eigenvalue weighted by molar-refractivity contribution is 6.31. The molecule has 0 aromatic heterocycles. The minimum atomic E-state index is -4.85. The molecule has 40 heavy (non-hydrogen) atoms. The summed E-state index contributed by atoms with van der Waals surface area (Å²) in [4.78, 5) is 4.22. The molecule has 0 amide bonds. The van der Waals surface area contributed by atoms with Gasteiger partial charge in [-0.05, 0) is 54.3 Å². The van der Waals surface area contributed by atoms with Crippen molar-refractivity contribution in [2.24, 2.45) is 10.7 Å². The number of aryl methyl sites for hydroxylation is 1. The number of allylic oxidation sites excluding steroid dienone is 3. The molecule has 1 unspecified atom stereocenters. The lowest BCUT2D eigenvalue weighted by molar-refractivity contribution is -0.139. The van der Waals surface area contributed by atoms with Gasteiger partial charge in [0.1, 0.15) is 11.7 Å². The zero-order chi connectivity index (χ0) is 31.3. The highest BCUT2D eigenvalue weighted by Gasteiger charge is 2.40. The Morgan fingerprint density at radius 1 is 1.00 bits per heavy atom. The maximum atomic E-state index is 15.0. The van der Waals surface area contributed by atoms with Gasteiger partial charge in [-0.2, -0.15) is 22.0 Å². The number of halogens is 7. The molecule has 2 aromatic rings. The van der Waals surface area contributed by atoms with Gasteiger partial charge in [-0.1, -0.05) is 90.1 Å². The van der Waals surface area contributed by atoms with E-state index in [0.717, 1.165) is 24.3 Å². The van der Waals surface area contributed by atoms with E-state index in [-0.39, 0.29) is 21.7 Å². The van der Waals surface area contributed by atoms with Gasteiger partial charge in [0, 0.05) is 28.3 Å². The molecule has 222 valence electrons. The lowest BCUT2D eigenvalue weighted by Crippen LogP contribution is -2.27. The standard InChI is InChI=1S/C25H21ClF6N2.3C2H6/c1-14-6-7-16(12-21(14)26)19(24(28,29)30)13-22(27)17-8-9-18(20(11-17)25(31,32)33)15(2)23-5-3-4-10-34-23;3*1-2/h3,5-9,11-13,19H,2,4,10,33H2,1H3;3*1-2H3/b22-13-;;;. The molecule has 1 aliphatic heterocycles. The van der Waals surface area contributed by atoms with Crippen LogP contribution in [0.3, 0.4) is 0 Å². The number of nitrogens with zero attached hydrogens (tertiary/aromatic N) is 1. The van der Waals surface area contributed by atoms with Gasteiger partial charge in [-0.25, -0.2) is 4.39 Å². The van der Waals surface area contributed by atoms with Crippen LogP contribution in [-0.4, -0.2) is 18.4 Å². The first-order valence-corrected chi connectivity index (χ1v) is 13.6. The summed E-state index contributed by atoms with van der Waals surface area (Å²) in [5.74, 6) is -3.68. The Bertz CT molecular complexity index is 1190. The van der Waals surface area contributed by atoms with Crippen LogP contribution in [0.25, 0.3) is 11.4 Å². The van der Waals surface area contributed by atoms with Crippen molar-refractivity contribution in [3.05, 3.63) is 94.0 Å². The minimum Gasteiger partial charge on any atom is -0.284 e. The van der Waals surface area contributed by atoms with Crippen LogP contribution < -0.4 is 5.73 Å². The van der Waals surface area contributed by atoms with Crippen LogP contribution in [0.1, 0.15) is 81.7 Å². The summed E-state index contributed by atoms with van der Waals surface area (Å²) in [5.41, 5.74) is 4.47. The molecule has 0 saturated carbocycles. The molecule has 1 aliphatic rings. The van der Waals surface area contributed by atoms with Crippen molar-refractivity contribution in [1.82, 2.24) is 0 Å². The maximum Gasteiger partial charge on any atom is 0.399 e. The van der Waals surface area contributed by atoms with Crippen molar-refractivity contribution in [3.8, 4) is 0 Å². The van der Waals surface area contributed by atoms with E-state index in [0.29, 0.717) is 30.3 Å². The highest BCUT2D eigenvalue weighted by atomic mass is 35.5. The molecule has 0 bridgehead atoms. The molecular formula is C31H39ClF6N2. The maximum absolute atomic E-state index is 15.0. The Morgan fingerprint density at radius 2 is 1.60 bits per heavy atom. The fourth-order valence-corrected chi connectivity index (χ4v) is 3.69. The Morgan fingerprint density at radius 3 is 2.08 bits per heavy atom. The number of hydrogen-bond acceptors (Lipinski definition) is 2. The van der Waals surface area contributed by atoms with Crippen molar-refractivity contribution >= 4 is 28.7 Å². The largest absolute Gasteiger partial charge is 0.399 e. The molecule has 0 fully saturated rings. The Hall–Kier alpha value is -2.84. The van der Waals surface area contributed by atoms with Crippen molar-refractivity contribution in [2.75, 3.05) is 6.54 Å². The molecule has 3 rings (SSSR count).